The van der Waals surface area contributed by atoms with Crippen molar-refractivity contribution < 1.29 is 27.5 Å². The van der Waals surface area contributed by atoms with Crippen molar-refractivity contribution in [3.63, 3.8) is 0 Å². The molecule has 0 aliphatic carbocycles. The maximum atomic E-state index is 14.6. The van der Waals surface area contributed by atoms with E-state index < -0.39 is 28.5 Å². The van der Waals surface area contributed by atoms with Crippen molar-refractivity contribution in [1.82, 2.24) is 10.2 Å². The number of nitrogens with zero attached hydrogens (tertiary/aromatic N) is 2. The molecule has 9 nitrogen and oxygen atoms in total. The molecule has 0 aliphatic heterocycles. The van der Waals surface area contributed by atoms with E-state index in [4.69, 9.17) is 9.47 Å². The van der Waals surface area contributed by atoms with E-state index in [0.717, 1.165) is 25.5 Å². The first-order chi connectivity index (χ1) is 22.9. The molecule has 1 atom stereocenters. The maximum Gasteiger partial charge on any atom is 0.264 e. The van der Waals surface area contributed by atoms with Crippen molar-refractivity contribution in [1.29, 1.82) is 0 Å². The number of hydrogen-bond acceptors (Lipinski definition) is 6. The summed E-state index contributed by atoms with van der Waals surface area (Å²) in [6.07, 6.45) is 0.234. The predicted molar refractivity (Wildman–Crippen MR) is 192 cm³/mol. The fourth-order valence-electron chi connectivity index (χ4n) is 5.15. The standard InChI is InChI=1S/C37H42BrN3O6S/c1-26(2)23-39-37(43)33(21-28-10-7-6-8-11-28)40(24-29-12-9-13-30(38)20-29)36(42)25-41(31-16-14-27(3)15-17-31)48(44,45)32-18-19-34(46-4)35(22-32)47-5/h6-20,22,26,33H,21,23-25H2,1-5H3,(H,39,43)/t33-/m0/s1. The number of carbonyl (C=O) groups is 2. The second-order valence-corrected chi connectivity index (χ2v) is 14.6. The third-order valence-corrected chi connectivity index (χ3v) is 10.0. The van der Waals surface area contributed by atoms with Gasteiger partial charge in [0.1, 0.15) is 12.6 Å². The van der Waals surface area contributed by atoms with E-state index in [1.165, 1.54) is 37.3 Å². The quantitative estimate of drug-likeness (QED) is 0.152. The van der Waals surface area contributed by atoms with Crippen LogP contribution in [-0.2, 0) is 32.6 Å². The number of aryl methyl sites for hydroxylation is 1. The molecule has 0 spiro atoms. The molecule has 0 heterocycles. The fourth-order valence-corrected chi connectivity index (χ4v) is 7.03. The minimum absolute atomic E-state index is 0.0724. The second kappa shape index (κ2) is 16.7. The van der Waals surface area contributed by atoms with Crippen molar-refractivity contribution in [3.8, 4) is 11.5 Å². The van der Waals surface area contributed by atoms with Gasteiger partial charge in [-0.05, 0) is 60.4 Å². The topological polar surface area (TPSA) is 105 Å². The Balaban J connectivity index is 1.82. The lowest BCUT2D eigenvalue weighted by molar-refractivity contribution is -0.140. The number of hydrogen-bond donors (Lipinski definition) is 1. The second-order valence-electron chi connectivity index (χ2n) is 11.9. The van der Waals surface area contributed by atoms with Gasteiger partial charge < -0.3 is 19.7 Å². The zero-order valence-electron chi connectivity index (χ0n) is 27.9. The predicted octanol–water partition coefficient (Wildman–Crippen LogP) is 6.38. The molecular formula is C37H42BrN3O6S. The summed E-state index contributed by atoms with van der Waals surface area (Å²) < 4.78 is 41.4. The van der Waals surface area contributed by atoms with Crippen LogP contribution in [0.15, 0.2) is 106 Å². The van der Waals surface area contributed by atoms with Gasteiger partial charge in [0.15, 0.2) is 11.5 Å². The van der Waals surface area contributed by atoms with Crippen LogP contribution in [0, 0.1) is 12.8 Å². The molecule has 0 saturated heterocycles. The van der Waals surface area contributed by atoms with Crippen molar-refractivity contribution in [2.45, 2.75) is 44.7 Å². The molecule has 4 aromatic carbocycles. The lowest BCUT2D eigenvalue weighted by Crippen LogP contribution is -2.53. The van der Waals surface area contributed by atoms with Gasteiger partial charge in [-0.1, -0.05) is 89.9 Å². The smallest absolute Gasteiger partial charge is 0.264 e. The van der Waals surface area contributed by atoms with Gasteiger partial charge in [0.2, 0.25) is 11.8 Å². The Morgan fingerprint density at radius 1 is 0.833 bits per heavy atom. The highest BCUT2D eigenvalue weighted by molar-refractivity contribution is 9.10. The molecule has 1 N–H and O–H groups in total. The molecule has 0 fully saturated rings. The Labute approximate surface area is 292 Å². The Morgan fingerprint density at radius 2 is 1.50 bits per heavy atom. The molecule has 0 aliphatic rings. The van der Waals surface area contributed by atoms with Gasteiger partial charge in [-0.25, -0.2) is 8.42 Å². The minimum atomic E-state index is -4.32. The van der Waals surface area contributed by atoms with Crippen LogP contribution < -0.4 is 19.1 Å². The van der Waals surface area contributed by atoms with E-state index in [0.29, 0.717) is 18.0 Å². The normalized spacial score (nSPS) is 11.9. The number of halogens is 1. The summed E-state index contributed by atoms with van der Waals surface area (Å²) in [7, 11) is -1.43. The number of methoxy groups -OCH3 is 2. The van der Waals surface area contributed by atoms with E-state index in [9.17, 15) is 18.0 Å². The number of ether oxygens (including phenoxy) is 2. The average molecular weight is 737 g/mol. The highest BCUT2D eigenvalue weighted by atomic mass is 79.9. The van der Waals surface area contributed by atoms with Gasteiger partial charge in [0, 0.05) is 30.0 Å². The summed E-state index contributed by atoms with van der Waals surface area (Å²) in [5, 5.41) is 3.01. The van der Waals surface area contributed by atoms with Crippen LogP contribution in [0.3, 0.4) is 0 Å². The number of rotatable bonds is 15. The molecule has 4 aromatic rings. The molecule has 48 heavy (non-hydrogen) atoms. The van der Waals surface area contributed by atoms with Crippen LogP contribution in [0.5, 0.6) is 11.5 Å². The molecule has 11 heteroatoms. The Morgan fingerprint density at radius 3 is 2.12 bits per heavy atom. The summed E-state index contributed by atoms with van der Waals surface area (Å²) in [6, 6.07) is 27.2. The molecule has 0 unspecified atom stereocenters. The summed E-state index contributed by atoms with van der Waals surface area (Å²) in [5.41, 5.74) is 2.87. The maximum absolute atomic E-state index is 14.6. The first-order valence-electron chi connectivity index (χ1n) is 15.6. The van der Waals surface area contributed by atoms with Crippen LogP contribution in [0.2, 0.25) is 0 Å². The van der Waals surface area contributed by atoms with Gasteiger partial charge in [0.05, 0.1) is 24.8 Å². The third-order valence-electron chi connectivity index (χ3n) is 7.74. The Kier molecular flexibility index (Phi) is 12.7. The van der Waals surface area contributed by atoms with Gasteiger partial charge in [0.25, 0.3) is 10.0 Å². The number of carbonyl (C=O) groups excluding carboxylic acids is 2. The van der Waals surface area contributed by atoms with Crippen LogP contribution >= 0.6 is 15.9 Å². The highest BCUT2D eigenvalue weighted by Gasteiger charge is 2.35. The highest BCUT2D eigenvalue weighted by Crippen LogP contribution is 2.32. The SMILES string of the molecule is COc1ccc(S(=O)(=O)N(CC(=O)N(Cc2cccc(Br)c2)[C@@H](Cc2ccccc2)C(=O)NCC(C)C)c2ccc(C)cc2)cc1OC. The molecule has 254 valence electrons. The van der Waals surface area contributed by atoms with Crippen LogP contribution in [-0.4, -0.2) is 58.5 Å². The first-order valence-corrected chi connectivity index (χ1v) is 17.8. The number of amides is 2. The van der Waals surface area contributed by atoms with Crippen LogP contribution in [0.1, 0.15) is 30.5 Å². The van der Waals surface area contributed by atoms with E-state index in [-0.39, 0.29) is 35.4 Å². The number of nitrogens with one attached hydrogen (secondary N) is 1. The van der Waals surface area contributed by atoms with Crippen LogP contribution in [0.25, 0.3) is 0 Å². The summed E-state index contributed by atoms with van der Waals surface area (Å²) in [4.78, 5) is 30.0. The third kappa shape index (κ3) is 9.38. The minimum Gasteiger partial charge on any atom is -0.493 e. The average Bonchev–Trinajstić information content (AvgIpc) is 3.08. The number of benzene rings is 4. The Hall–Kier alpha value is -4.35. The van der Waals surface area contributed by atoms with Gasteiger partial charge in [-0.2, -0.15) is 0 Å². The molecule has 0 radical (unpaired) electrons. The molecule has 4 rings (SSSR count). The van der Waals surface area contributed by atoms with Gasteiger partial charge in [-0.15, -0.1) is 0 Å². The lowest BCUT2D eigenvalue weighted by atomic mass is 10.0. The van der Waals surface area contributed by atoms with E-state index in [1.807, 2.05) is 75.4 Å². The van der Waals surface area contributed by atoms with Gasteiger partial charge in [-0.3, -0.25) is 13.9 Å². The molecular weight excluding hydrogens is 694 g/mol. The van der Waals surface area contributed by atoms with Crippen molar-refractivity contribution >= 4 is 43.5 Å². The summed E-state index contributed by atoms with van der Waals surface area (Å²) >= 11 is 3.51. The molecule has 0 bridgehead atoms. The summed E-state index contributed by atoms with van der Waals surface area (Å²) in [5.74, 6) is -0.0782. The van der Waals surface area contributed by atoms with Crippen molar-refractivity contribution in [3.05, 3.63) is 118 Å². The zero-order chi connectivity index (χ0) is 34.8. The largest absolute Gasteiger partial charge is 0.493 e. The van der Waals surface area contributed by atoms with Crippen molar-refractivity contribution in [2.75, 3.05) is 31.6 Å². The molecule has 0 saturated carbocycles. The molecule has 0 aromatic heterocycles. The first kappa shape index (κ1) is 36.5. The van der Waals surface area contributed by atoms with Crippen LogP contribution in [0.4, 0.5) is 5.69 Å². The lowest BCUT2D eigenvalue weighted by Gasteiger charge is -2.34. The monoisotopic (exact) mass is 735 g/mol. The van der Waals surface area contributed by atoms with E-state index >= 15 is 0 Å². The zero-order valence-corrected chi connectivity index (χ0v) is 30.3. The number of anilines is 1. The fraction of sp³-hybridized carbons (Fsp3) is 0.297. The Bertz CT molecular complexity index is 1800. The van der Waals surface area contributed by atoms with Gasteiger partial charge >= 0.3 is 0 Å². The molecule has 2 amide bonds. The summed E-state index contributed by atoms with van der Waals surface area (Å²) in [6.45, 7) is 5.82. The number of sulfonamides is 1. The van der Waals surface area contributed by atoms with Crippen molar-refractivity contribution in [2.24, 2.45) is 5.92 Å². The van der Waals surface area contributed by atoms with E-state index in [1.54, 1.807) is 24.3 Å². The van der Waals surface area contributed by atoms with E-state index in [2.05, 4.69) is 21.2 Å².